The number of sulfonamides is 1. The Morgan fingerprint density at radius 3 is 2.61 bits per heavy atom. The van der Waals surface area contributed by atoms with Crippen molar-refractivity contribution in [3.05, 3.63) is 72.6 Å². The molecule has 0 spiro atoms. The fourth-order valence-corrected chi connectivity index (χ4v) is 4.02. The Labute approximate surface area is 164 Å². The highest BCUT2D eigenvalue weighted by Gasteiger charge is 2.26. The summed E-state index contributed by atoms with van der Waals surface area (Å²) in [7, 11) is -2.25. The largest absolute Gasteiger partial charge is 0.497 e. The summed E-state index contributed by atoms with van der Waals surface area (Å²) in [6.07, 6.45) is 1.51. The summed E-state index contributed by atoms with van der Waals surface area (Å²) in [5, 5.41) is 3.97. The molecule has 0 N–H and O–H groups in total. The predicted molar refractivity (Wildman–Crippen MR) is 105 cm³/mol. The van der Waals surface area contributed by atoms with Crippen LogP contribution in [0.5, 0.6) is 5.75 Å². The number of methoxy groups -OCH3 is 1. The Kier molecular flexibility index (Phi) is 5.91. The van der Waals surface area contributed by atoms with Gasteiger partial charge in [-0.3, -0.25) is 0 Å². The van der Waals surface area contributed by atoms with E-state index in [0.717, 1.165) is 11.1 Å². The highest BCUT2D eigenvalue weighted by atomic mass is 32.2. The molecule has 28 heavy (non-hydrogen) atoms. The van der Waals surface area contributed by atoms with Gasteiger partial charge in [0.2, 0.25) is 21.7 Å². The first-order chi connectivity index (χ1) is 13.4. The van der Waals surface area contributed by atoms with E-state index in [1.54, 1.807) is 12.1 Å². The molecule has 0 radical (unpaired) electrons. The molecule has 0 bridgehead atoms. The number of aryl methyl sites for hydroxylation is 1. The first kappa shape index (κ1) is 19.8. The van der Waals surface area contributed by atoms with Crippen molar-refractivity contribution in [3.63, 3.8) is 0 Å². The van der Waals surface area contributed by atoms with Gasteiger partial charge in [-0.15, -0.1) is 6.58 Å². The van der Waals surface area contributed by atoms with Crippen molar-refractivity contribution < 1.29 is 17.7 Å². The zero-order valence-electron chi connectivity index (χ0n) is 15.7. The van der Waals surface area contributed by atoms with Crippen molar-refractivity contribution in [1.82, 2.24) is 14.4 Å². The van der Waals surface area contributed by atoms with Gasteiger partial charge in [0, 0.05) is 12.1 Å². The van der Waals surface area contributed by atoms with Gasteiger partial charge in [-0.2, -0.15) is 9.29 Å². The molecule has 0 amide bonds. The minimum Gasteiger partial charge on any atom is -0.497 e. The maximum atomic E-state index is 13.0. The van der Waals surface area contributed by atoms with E-state index in [0.29, 0.717) is 11.6 Å². The quantitative estimate of drug-likeness (QED) is 0.540. The van der Waals surface area contributed by atoms with Gasteiger partial charge in [-0.1, -0.05) is 35.0 Å². The fraction of sp³-hybridized carbons (Fsp3) is 0.200. The van der Waals surface area contributed by atoms with Crippen LogP contribution < -0.4 is 4.74 Å². The van der Waals surface area contributed by atoms with Crippen LogP contribution in [0.3, 0.4) is 0 Å². The van der Waals surface area contributed by atoms with Crippen LogP contribution in [0.2, 0.25) is 0 Å². The molecule has 0 saturated carbocycles. The maximum absolute atomic E-state index is 13.0. The average molecular weight is 399 g/mol. The molecule has 2 aromatic carbocycles. The van der Waals surface area contributed by atoms with E-state index in [1.165, 1.54) is 29.6 Å². The number of ether oxygens (including phenoxy) is 1. The van der Waals surface area contributed by atoms with E-state index in [2.05, 4.69) is 16.7 Å². The van der Waals surface area contributed by atoms with Crippen molar-refractivity contribution in [2.45, 2.75) is 18.4 Å². The number of benzene rings is 2. The summed E-state index contributed by atoms with van der Waals surface area (Å²) in [5.74, 6) is 1.20. The first-order valence-electron chi connectivity index (χ1n) is 8.59. The minimum absolute atomic E-state index is 0.0564. The van der Waals surface area contributed by atoms with E-state index < -0.39 is 10.0 Å². The Balaban J connectivity index is 1.85. The van der Waals surface area contributed by atoms with Crippen LogP contribution >= 0.6 is 0 Å². The summed E-state index contributed by atoms with van der Waals surface area (Å²) in [6, 6.07) is 13.9. The number of hydrogen-bond donors (Lipinski definition) is 0. The van der Waals surface area contributed by atoms with Crippen molar-refractivity contribution in [1.29, 1.82) is 0 Å². The van der Waals surface area contributed by atoms with Crippen LogP contribution in [-0.2, 0) is 16.6 Å². The maximum Gasteiger partial charge on any atom is 0.243 e. The second-order valence-corrected chi connectivity index (χ2v) is 8.08. The summed E-state index contributed by atoms with van der Waals surface area (Å²) >= 11 is 0. The molecule has 0 aliphatic carbocycles. The molecule has 8 heteroatoms. The number of rotatable bonds is 8. The molecule has 0 unspecified atom stereocenters. The van der Waals surface area contributed by atoms with E-state index in [9.17, 15) is 8.42 Å². The summed E-state index contributed by atoms with van der Waals surface area (Å²) in [4.78, 5) is 4.49. The summed E-state index contributed by atoms with van der Waals surface area (Å²) in [6.45, 7) is 5.67. The van der Waals surface area contributed by atoms with Crippen molar-refractivity contribution in [2.75, 3.05) is 13.7 Å². The Hall–Kier alpha value is -2.97. The van der Waals surface area contributed by atoms with Crippen LogP contribution in [0.15, 0.2) is 70.6 Å². The van der Waals surface area contributed by atoms with Gasteiger partial charge in [0.05, 0.1) is 18.6 Å². The van der Waals surface area contributed by atoms with Crippen molar-refractivity contribution in [2.24, 2.45) is 0 Å². The number of hydrogen-bond acceptors (Lipinski definition) is 6. The second kappa shape index (κ2) is 8.37. The number of aromatic nitrogens is 2. The van der Waals surface area contributed by atoms with E-state index >= 15 is 0 Å². The van der Waals surface area contributed by atoms with Crippen LogP contribution in [0, 0.1) is 6.92 Å². The van der Waals surface area contributed by atoms with Gasteiger partial charge in [-0.25, -0.2) is 8.42 Å². The highest BCUT2D eigenvalue weighted by Crippen LogP contribution is 2.22. The first-order valence-corrected chi connectivity index (χ1v) is 10.0. The molecule has 7 nitrogen and oxygen atoms in total. The van der Waals surface area contributed by atoms with Gasteiger partial charge < -0.3 is 9.26 Å². The molecular formula is C20H21N3O4S. The lowest BCUT2D eigenvalue weighted by Crippen LogP contribution is -2.31. The lowest BCUT2D eigenvalue weighted by molar-refractivity contribution is 0.327. The molecule has 0 atom stereocenters. The van der Waals surface area contributed by atoms with Crippen LogP contribution in [0.4, 0.5) is 0 Å². The average Bonchev–Trinajstić information content (AvgIpc) is 3.16. The summed E-state index contributed by atoms with van der Waals surface area (Å²) < 4.78 is 37.6. The molecule has 0 fully saturated rings. The van der Waals surface area contributed by atoms with E-state index in [4.69, 9.17) is 9.26 Å². The molecule has 1 aromatic heterocycles. The summed E-state index contributed by atoms with van der Waals surface area (Å²) in [5.41, 5.74) is 1.88. The van der Waals surface area contributed by atoms with Gasteiger partial charge >= 0.3 is 0 Å². The third-order valence-corrected chi connectivity index (χ3v) is 5.91. The Bertz CT molecular complexity index is 1060. The predicted octanol–water partition coefficient (Wildman–Crippen LogP) is 3.43. The molecule has 0 aliphatic heterocycles. The second-order valence-electron chi connectivity index (χ2n) is 6.14. The molecular weight excluding hydrogens is 378 g/mol. The van der Waals surface area contributed by atoms with E-state index in [1.807, 2.05) is 31.2 Å². The lowest BCUT2D eigenvalue weighted by atomic mass is 10.1. The third-order valence-electron chi connectivity index (χ3n) is 4.09. The number of nitrogens with zero attached hydrogens (tertiary/aromatic N) is 3. The Morgan fingerprint density at radius 2 is 1.96 bits per heavy atom. The van der Waals surface area contributed by atoms with Crippen molar-refractivity contribution in [3.8, 4) is 17.1 Å². The lowest BCUT2D eigenvalue weighted by Gasteiger charge is -2.19. The van der Waals surface area contributed by atoms with E-state index in [-0.39, 0.29) is 23.9 Å². The van der Waals surface area contributed by atoms with Gasteiger partial charge in [0.15, 0.2) is 0 Å². The van der Waals surface area contributed by atoms with Crippen LogP contribution in [-0.4, -0.2) is 36.5 Å². The molecule has 3 aromatic rings. The molecule has 0 aliphatic rings. The zero-order valence-corrected chi connectivity index (χ0v) is 16.5. The molecule has 146 valence electrons. The smallest absolute Gasteiger partial charge is 0.243 e. The van der Waals surface area contributed by atoms with Gasteiger partial charge in [0.25, 0.3) is 0 Å². The van der Waals surface area contributed by atoms with Gasteiger partial charge in [-0.05, 0) is 37.3 Å². The van der Waals surface area contributed by atoms with Crippen LogP contribution in [0.25, 0.3) is 11.4 Å². The molecule has 0 saturated heterocycles. The van der Waals surface area contributed by atoms with Crippen LogP contribution in [0.1, 0.15) is 11.5 Å². The zero-order chi connectivity index (χ0) is 20.1. The normalized spacial score (nSPS) is 11.5. The topological polar surface area (TPSA) is 85.5 Å². The van der Waals surface area contributed by atoms with Crippen molar-refractivity contribution >= 4 is 10.0 Å². The third kappa shape index (κ3) is 4.29. The minimum atomic E-state index is -3.77. The fourth-order valence-electron chi connectivity index (χ4n) is 2.66. The van der Waals surface area contributed by atoms with Gasteiger partial charge in [0.1, 0.15) is 5.75 Å². The Morgan fingerprint density at radius 1 is 1.21 bits per heavy atom. The molecule has 1 heterocycles. The standard InChI is InChI=1S/C20H21N3O4S/c1-4-12-23(28(24,25)18-10-8-17(26-3)9-11-18)14-19-21-20(22-27-19)16-7-5-6-15(2)13-16/h4-11,13H,1,12,14H2,2-3H3. The SMILES string of the molecule is C=CCN(Cc1nc(-c2cccc(C)c2)no1)S(=O)(=O)c1ccc(OC)cc1. The highest BCUT2D eigenvalue weighted by molar-refractivity contribution is 7.89. The molecule has 3 rings (SSSR count). The monoisotopic (exact) mass is 399 g/mol.